The van der Waals surface area contributed by atoms with Crippen LogP contribution in [0.25, 0.3) is 0 Å². The number of benzene rings is 1. The molecule has 0 spiro atoms. The lowest BCUT2D eigenvalue weighted by atomic mass is 9.99. The number of guanidine groups is 1. The van der Waals surface area contributed by atoms with Crippen molar-refractivity contribution in [2.75, 3.05) is 52.6 Å². The largest absolute Gasteiger partial charge is 0.381 e. The number of nitrogens with one attached hydrogen (secondary N) is 2. The number of rotatable bonds is 11. The first-order chi connectivity index (χ1) is 15.2. The zero-order chi connectivity index (χ0) is 21.7. The molecule has 2 fully saturated rings. The summed E-state index contributed by atoms with van der Waals surface area (Å²) in [5.41, 5.74) is 2.72. The van der Waals surface area contributed by atoms with E-state index >= 15 is 0 Å². The van der Waals surface area contributed by atoms with Gasteiger partial charge in [-0.1, -0.05) is 31.2 Å². The summed E-state index contributed by atoms with van der Waals surface area (Å²) in [6.07, 6.45) is 4.78. The highest BCUT2D eigenvalue weighted by Gasteiger charge is 2.17. The molecule has 0 saturated carbocycles. The van der Waals surface area contributed by atoms with Crippen molar-refractivity contribution in [1.29, 1.82) is 0 Å². The zero-order valence-corrected chi connectivity index (χ0v) is 22.3. The van der Waals surface area contributed by atoms with Gasteiger partial charge in [0, 0.05) is 45.3 Å². The third-order valence-corrected chi connectivity index (χ3v) is 6.14. The van der Waals surface area contributed by atoms with E-state index in [1.807, 2.05) is 0 Å². The molecule has 0 bridgehead atoms. The molecule has 1 aromatic carbocycles. The number of likely N-dealkylation sites (tertiary alicyclic amines) is 1. The summed E-state index contributed by atoms with van der Waals surface area (Å²) in [5.74, 6) is 2.27. The minimum Gasteiger partial charge on any atom is -0.381 e. The minimum absolute atomic E-state index is 0. The average Bonchev–Trinajstić information content (AvgIpc) is 3.29. The van der Waals surface area contributed by atoms with Gasteiger partial charge in [-0.2, -0.15) is 0 Å². The number of hydrogen-bond acceptors (Lipinski definition) is 4. The second kappa shape index (κ2) is 15.9. The Balaban J connectivity index is 0.00000363. The van der Waals surface area contributed by atoms with Gasteiger partial charge in [0.1, 0.15) is 0 Å². The summed E-state index contributed by atoms with van der Waals surface area (Å²) < 4.78 is 11.2. The Hall–Kier alpha value is -0.900. The lowest BCUT2D eigenvalue weighted by Crippen LogP contribution is -2.38. The predicted molar refractivity (Wildman–Crippen MR) is 143 cm³/mol. The fourth-order valence-electron chi connectivity index (χ4n) is 4.39. The molecule has 0 aliphatic carbocycles. The monoisotopic (exact) mass is 558 g/mol. The molecule has 3 rings (SSSR count). The van der Waals surface area contributed by atoms with Crippen molar-refractivity contribution < 1.29 is 9.47 Å². The smallest absolute Gasteiger partial charge is 0.191 e. The Bertz CT molecular complexity index is 667. The number of nitrogens with zero attached hydrogens (tertiary/aromatic N) is 2. The third kappa shape index (κ3) is 9.93. The molecule has 2 N–H and O–H groups in total. The summed E-state index contributed by atoms with van der Waals surface area (Å²) >= 11 is 0. The van der Waals surface area contributed by atoms with Gasteiger partial charge in [0.05, 0.1) is 19.8 Å². The molecule has 2 unspecified atom stereocenters. The predicted octanol–water partition coefficient (Wildman–Crippen LogP) is 4.03. The van der Waals surface area contributed by atoms with Crippen molar-refractivity contribution in [2.24, 2.45) is 16.8 Å². The molecule has 2 aliphatic heterocycles. The van der Waals surface area contributed by atoms with E-state index in [9.17, 15) is 0 Å². The molecular formula is C25H43IN4O2. The van der Waals surface area contributed by atoms with E-state index in [0.29, 0.717) is 12.5 Å². The third-order valence-electron chi connectivity index (χ3n) is 6.14. The van der Waals surface area contributed by atoms with Crippen molar-refractivity contribution in [2.45, 2.75) is 52.6 Å². The van der Waals surface area contributed by atoms with Crippen LogP contribution in [-0.2, 0) is 22.6 Å². The van der Waals surface area contributed by atoms with Gasteiger partial charge in [0.2, 0.25) is 0 Å². The van der Waals surface area contributed by atoms with Crippen LogP contribution in [0.1, 0.15) is 50.7 Å². The number of aliphatic imine (C=N–C) groups is 1. The highest BCUT2D eigenvalue weighted by molar-refractivity contribution is 14.0. The molecule has 2 aliphatic rings. The van der Waals surface area contributed by atoms with Gasteiger partial charge in [-0.15, -0.1) is 24.0 Å². The van der Waals surface area contributed by atoms with Crippen LogP contribution < -0.4 is 10.6 Å². The molecule has 2 heterocycles. The van der Waals surface area contributed by atoms with Gasteiger partial charge in [-0.3, -0.25) is 4.90 Å². The Morgan fingerprint density at radius 3 is 2.81 bits per heavy atom. The molecule has 0 aromatic heterocycles. The van der Waals surface area contributed by atoms with Gasteiger partial charge in [0.15, 0.2) is 5.96 Å². The average molecular weight is 559 g/mol. The number of ether oxygens (including phenoxy) is 2. The molecule has 0 amide bonds. The van der Waals surface area contributed by atoms with Crippen LogP contribution in [0.2, 0.25) is 0 Å². The second-order valence-electron chi connectivity index (χ2n) is 9.03. The summed E-state index contributed by atoms with van der Waals surface area (Å²) in [6, 6.07) is 8.75. The molecule has 182 valence electrons. The second-order valence-corrected chi connectivity index (χ2v) is 9.03. The maximum Gasteiger partial charge on any atom is 0.191 e. The number of piperidine rings is 1. The van der Waals surface area contributed by atoms with E-state index in [1.165, 1.54) is 37.1 Å². The van der Waals surface area contributed by atoms with Gasteiger partial charge in [-0.25, -0.2) is 4.99 Å². The lowest BCUT2D eigenvalue weighted by Gasteiger charge is -2.31. The molecule has 2 saturated heterocycles. The fraction of sp³-hybridized carbons (Fsp3) is 0.720. The van der Waals surface area contributed by atoms with E-state index < -0.39 is 0 Å². The first-order valence-electron chi connectivity index (χ1n) is 12.2. The molecule has 2 atom stereocenters. The first-order valence-corrected chi connectivity index (χ1v) is 12.2. The summed E-state index contributed by atoms with van der Waals surface area (Å²) in [7, 11) is 0. The molecule has 1 aromatic rings. The highest BCUT2D eigenvalue weighted by atomic mass is 127. The number of halogens is 1. The Morgan fingerprint density at radius 2 is 2.06 bits per heavy atom. The normalized spacial score (nSPS) is 21.9. The van der Waals surface area contributed by atoms with Crippen LogP contribution in [0.3, 0.4) is 0 Å². The van der Waals surface area contributed by atoms with Crippen molar-refractivity contribution in [1.82, 2.24) is 15.5 Å². The van der Waals surface area contributed by atoms with E-state index in [1.54, 1.807) is 0 Å². The van der Waals surface area contributed by atoms with Crippen molar-refractivity contribution in [3.63, 3.8) is 0 Å². The highest BCUT2D eigenvalue weighted by Crippen LogP contribution is 2.20. The van der Waals surface area contributed by atoms with Gasteiger partial charge < -0.3 is 20.1 Å². The fourth-order valence-corrected chi connectivity index (χ4v) is 4.39. The van der Waals surface area contributed by atoms with E-state index in [4.69, 9.17) is 14.5 Å². The lowest BCUT2D eigenvalue weighted by molar-refractivity contribution is 0.0888. The van der Waals surface area contributed by atoms with Crippen molar-refractivity contribution in [3.8, 4) is 0 Å². The Morgan fingerprint density at radius 1 is 1.22 bits per heavy atom. The molecule has 32 heavy (non-hydrogen) atoms. The zero-order valence-electron chi connectivity index (χ0n) is 20.0. The van der Waals surface area contributed by atoms with E-state index in [2.05, 4.69) is 53.6 Å². The van der Waals surface area contributed by atoms with Gasteiger partial charge in [-0.05, 0) is 56.2 Å². The van der Waals surface area contributed by atoms with Gasteiger partial charge >= 0.3 is 0 Å². The van der Waals surface area contributed by atoms with Crippen molar-refractivity contribution in [3.05, 3.63) is 35.4 Å². The Labute approximate surface area is 211 Å². The quantitative estimate of drug-likeness (QED) is 0.186. The molecule has 6 nitrogen and oxygen atoms in total. The van der Waals surface area contributed by atoms with E-state index in [-0.39, 0.29) is 24.0 Å². The summed E-state index contributed by atoms with van der Waals surface area (Å²) in [5, 5.41) is 6.82. The van der Waals surface area contributed by atoms with Gasteiger partial charge in [0.25, 0.3) is 0 Å². The summed E-state index contributed by atoms with van der Waals surface area (Å²) in [6.45, 7) is 13.7. The minimum atomic E-state index is 0. The topological polar surface area (TPSA) is 58.1 Å². The number of hydrogen-bond donors (Lipinski definition) is 2. The standard InChI is InChI=1S/C25H42N4O2.HI/c1-3-26-25(27-12-7-14-30-19-22-11-15-31-20-22)28-16-23-9-4-5-10-24(23)18-29-13-6-8-21(2)17-29;/h4-5,9-10,21-22H,3,6-8,11-20H2,1-2H3,(H2,26,27,28);1H. The first kappa shape index (κ1) is 27.3. The van der Waals surface area contributed by atoms with Crippen LogP contribution in [0.5, 0.6) is 0 Å². The Kier molecular flexibility index (Phi) is 13.5. The van der Waals surface area contributed by atoms with E-state index in [0.717, 1.165) is 70.8 Å². The van der Waals surface area contributed by atoms with Crippen LogP contribution in [0, 0.1) is 11.8 Å². The molecular weight excluding hydrogens is 515 g/mol. The molecule has 7 heteroatoms. The SMILES string of the molecule is CCNC(=NCc1ccccc1CN1CCCC(C)C1)NCCCOCC1CCOC1.I. The van der Waals surface area contributed by atoms with Crippen LogP contribution >= 0.6 is 24.0 Å². The van der Waals surface area contributed by atoms with Crippen LogP contribution in [0.15, 0.2) is 29.3 Å². The maximum absolute atomic E-state index is 5.80. The van der Waals surface area contributed by atoms with Crippen LogP contribution in [0.4, 0.5) is 0 Å². The summed E-state index contributed by atoms with van der Waals surface area (Å²) in [4.78, 5) is 7.45. The van der Waals surface area contributed by atoms with Crippen molar-refractivity contribution >= 4 is 29.9 Å². The van der Waals surface area contributed by atoms with Crippen LogP contribution in [-0.4, -0.2) is 63.5 Å². The maximum atomic E-state index is 5.80. The molecule has 0 radical (unpaired) electrons.